The molecule has 0 spiro atoms. The monoisotopic (exact) mass is 1060 g/mol. The van der Waals surface area contributed by atoms with E-state index in [4.69, 9.17) is 14.5 Å². The maximum absolute atomic E-state index is 14.7. The van der Waals surface area contributed by atoms with E-state index in [1.54, 1.807) is 25.3 Å². The van der Waals surface area contributed by atoms with E-state index in [1.165, 1.54) is 16.0 Å². The van der Waals surface area contributed by atoms with Gasteiger partial charge in [0.25, 0.3) is 5.91 Å². The number of hydrazine groups is 1. The molecule has 0 saturated carbocycles. The van der Waals surface area contributed by atoms with E-state index < -0.39 is 41.3 Å². The molecule has 390 valence electrons. The van der Waals surface area contributed by atoms with Gasteiger partial charge in [-0.2, -0.15) is 67.5 Å². The first-order valence-electron chi connectivity index (χ1n) is 23.3. The molecule has 2 saturated heterocycles. The summed E-state index contributed by atoms with van der Waals surface area (Å²) in [4.78, 5) is 79.5. The third kappa shape index (κ3) is 13.5. The van der Waals surface area contributed by atoms with Crippen LogP contribution in [-0.4, -0.2) is 137 Å². The maximum atomic E-state index is 14.7. The molecule has 6 heterocycles. The lowest BCUT2D eigenvalue weighted by molar-refractivity contribution is -0.155. The van der Waals surface area contributed by atoms with Crippen LogP contribution < -0.4 is 10.7 Å². The second-order valence-electron chi connectivity index (χ2n) is 19.3. The molecule has 70 heavy (non-hydrogen) atoms. The lowest BCUT2D eigenvalue weighted by Gasteiger charge is -2.38. The molecular formula is C50H78N8O7S5. The quantitative estimate of drug-likeness (QED) is 0.191. The van der Waals surface area contributed by atoms with Crippen molar-refractivity contribution in [3.63, 3.8) is 0 Å². The number of hydrogen-bond donors (Lipinski definition) is 2. The summed E-state index contributed by atoms with van der Waals surface area (Å²) in [5, 5.41) is 5.67. The number of cyclic esters (lactones) is 1. The van der Waals surface area contributed by atoms with Crippen LogP contribution in [0, 0.1) is 17.3 Å². The minimum absolute atomic E-state index is 0. The van der Waals surface area contributed by atoms with Gasteiger partial charge in [0.2, 0.25) is 17.7 Å². The van der Waals surface area contributed by atoms with Gasteiger partial charge in [-0.25, -0.2) is 5.43 Å². The van der Waals surface area contributed by atoms with Crippen molar-refractivity contribution < 1.29 is 33.4 Å². The van der Waals surface area contributed by atoms with Gasteiger partial charge in [-0.15, -0.1) is 0 Å². The van der Waals surface area contributed by atoms with Crippen LogP contribution in [0.25, 0.3) is 27.7 Å². The molecule has 3 aromatic rings. The van der Waals surface area contributed by atoms with E-state index in [2.05, 4.69) is 77.9 Å². The van der Waals surface area contributed by atoms with Crippen LogP contribution in [0.4, 0.5) is 0 Å². The fourth-order valence-electron chi connectivity index (χ4n) is 10.2. The van der Waals surface area contributed by atoms with Crippen LogP contribution in [-0.2, 0) is 46.4 Å². The highest BCUT2D eigenvalue weighted by Gasteiger charge is 2.41. The van der Waals surface area contributed by atoms with E-state index in [0.29, 0.717) is 51.9 Å². The van der Waals surface area contributed by atoms with Gasteiger partial charge in [-0.05, 0) is 98.9 Å². The van der Waals surface area contributed by atoms with Crippen LogP contribution in [0.1, 0.15) is 90.2 Å². The van der Waals surface area contributed by atoms with Crippen LogP contribution in [0.5, 0.6) is 0 Å². The van der Waals surface area contributed by atoms with Gasteiger partial charge >= 0.3 is 5.97 Å². The second kappa shape index (κ2) is 26.9. The standard InChI is InChI=1S/C50H68N8O7.5H2S/c1-10-42(59)56-24-20-35(28-56)47(61)54(8)44(31(3)4)46(60)52-40-29-55-22-13-15-34(27-55)33-18-19-41-37(25-33)38(45(57(41)11-2)36-16-12-21-51-43(36)32(5)64-9)26-50(6,7)30-65-49(63)39-17-14-23-58(53-39)48(40)62;;;;;/h10,12,15-16,18-19,21,25,31-32,35,39-40,44,53H,1,11,13-14,17,20,22-24,26-30H2,2-9H3,(H,52,60);5*1H2/t32-,35-,39-,40-,44-;;;;;/m0...../s1. The molecule has 2 N–H and O–H groups in total. The molecule has 20 heteroatoms. The Morgan fingerprint density at radius 1 is 1.04 bits per heavy atom. The molecule has 15 nitrogen and oxygen atoms in total. The van der Waals surface area contributed by atoms with Crippen LogP contribution >= 0.6 is 67.5 Å². The fraction of sp³-hybridized carbons (Fsp3) is 0.560. The SMILES string of the molecule is C=CC(=O)N1CC[C@H](C(=O)N(C)[C@H](C(=O)N[C@H]2CN3CCC=C(C3)c3ccc4c(c3)c(c(-c3cccnc3[C@H](C)OC)n4CC)CC(C)(C)COC(=O)[C@@H]3CCCN(N3)C2=O)C(C)C)C1.S.S.S.S.S. The van der Waals surface area contributed by atoms with Gasteiger partial charge in [0.1, 0.15) is 18.1 Å². The highest BCUT2D eigenvalue weighted by atomic mass is 32.1. The van der Waals surface area contributed by atoms with Crippen molar-refractivity contribution in [1.82, 2.24) is 40.0 Å². The van der Waals surface area contributed by atoms with Crippen molar-refractivity contribution in [3.05, 3.63) is 72.1 Å². The Balaban J connectivity index is 0.00000336. The Bertz CT molecular complexity index is 2360. The summed E-state index contributed by atoms with van der Waals surface area (Å²) in [6.45, 7) is 19.0. The summed E-state index contributed by atoms with van der Waals surface area (Å²) >= 11 is 0. The number of pyridine rings is 1. The average Bonchev–Trinajstić information content (AvgIpc) is 3.92. The Labute approximate surface area is 449 Å². The normalized spacial score (nSPS) is 21.9. The zero-order chi connectivity index (χ0) is 46.7. The maximum Gasteiger partial charge on any atom is 0.324 e. The summed E-state index contributed by atoms with van der Waals surface area (Å²) in [6, 6.07) is 8.07. The molecule has 1 unspecified atom stereocenters. The number of esters is 1. The van der Waals surface area contributed by atoms with Crippen molar-refractivity contribution in [3.8, 4) is 11.3 Å². The first-order valence-corrected chi connectivity index (χ1v) is 23.3. The molecule has 2 fully saturated rings. The van der Waals surface area contributed by atoms with Crippen molar-refractivity contribution in [2.75, 3.05) is 60.0 Å². The number of rotatable bonds is 10. The van der Waals surface area contributed by atoms with Gasteiger partial charge in [0.05, 0.1) is 30.0 Å². The number of carbonyl (C=O) groups excluding carboxylic acids is 5. The zero-order valence-electron chi connectivity index (χ0n) is 42.0. The van der Waals surface area contributed by atoms with E-state index in [1.807, 2.05) is 26.8 Å². The van der Waals surface area contributed by atoms with Crippen LogP contribution in [0.3, 0.4) is 0 Å². The largest absolute Gasteiger partial charge is 0.464 e. The van der Waals surface area contributed by atoms with Crippen molar-refractivity contribution in [2.45, 2.75) is 104 Å². The molecule has 0 aliphatic carbocycles. The number of methoxy groups -OCH3 is 1. The Kier molecular flexibility index (Phi) is 24.0. The topological polar surface area (TPSA) is 159 Å². The summed E-state index contributed by atoms with van der Waals surface area (Å²) in [6.07, 6.45) is 7.96. The number of nitrogens with zero attached hydrogens (tertiary/aromatic N) is 6. The molecular weight excluding hydrogens is 985 g/mol. The van der Waals surface area contributed by atoms with Crippen molar-refractivity contribution >= 4 is 114 Å². The number of aryl methyl sites for hydroxylation is 1. The number of fused-ring (bicyclic) bond motifs is 6. The molecule has 1 aromatic carbocycles. The number of hydrogen-bond acceptors (Lipinski definition) is 10. The number of nitrogens with one attached hydrogen (secondary N) is 2. The fourth-order valence-corrected chi connectivity index (χ4v) is 10.2. The lowest BCUT2D eigenvalue weighted by Crippen LogP contribution is -2.63. The van der Waals surface area contributed by atoms with Crippen LogP contribution in [0.2, 0.25) is 0 Å². The third-order valence-electron chi connectivity index (χ3n) is 13.7. The van der Waals surface area contributed by atoms with Crippen molar-refractivity contribution in [2.24, 2.45) is 17.3 Å². The minimum atomic E-state index is -1.00. The van der Waals surface area contributed by atoms with E-state index in [-0.39, 0.29) is 117 Å². The average molecular weight is 1060 g/mol. The van der Waals surface area contributed by atoms with E-state index in [0.717, 1.165) is 57.5 Å². The smallest absolute Gasteiger partial charge is 0.324 e. The summed E-state index contributed by atoms with van der Waals surface area (Å²) in [7, 11) is 3.32. The Morgan fingerprint density at radius 3 is 2.44 bits per heavy atom. The minimum Gasteiger partial charge on any atom is -0.464 e. The number of likely N-dealkylation sites (tertiary alicyclic amines) is 1. The first kappa shape index (κ1) is 62.5. The predicted molar refractivity (Wildman–Crippen MR) is 302 cm³/mol. The predicted octanol–water partition coefficient (Wildman–Crippen LogP) is 5.71. The highest BCUT2D eigenvalue weighted by molar-refractivity contribution is 7.60. The van der Waals surface area contributed by atoms with Gasteiger partial charge in [-0.3, -0.25) is 38.9 Å². The van der Waals surface area contributed by atoms with Crippen LogP contribution in [0.15, 0.2) is 55.3 Å². The molecule has 6 bridgehead atoms. The third-order valence-corrected chi connectivity index (χ3v) is 13.7. The lowest BCUT2D eigenvalue weighted by atomic mass is 9.84. The second-order valence-corrected chi connectivity index (χ2v) is 19.3. The number of likely N-dealkylation sites (N-methyl/N-ethyl adjacent to an activating group) is 1. The number of aromatic nitrogens is 2. The molecule has 6 atom stereocenters. The number of benzene rings is 1. The Hall–Kier alpha value is -3.63. The molecule has 7 rings (SSSR count). The number of ether oxygens (including phenoxy) is 2. The summed E-state index contributed by atoms with van der Waals surface area (Å²) in [5.74, 6) is -2.45. The first-order chi connectivity index (χ1) is 31.0. The van der Waals surface area contributed by atoms with Crippen molar-refractivity contribution in [1.29, 1.82) is 0 Å². The summed E-state index contributed by atoms with van der Waals surface area (Å²) in [5.41, 5.74) is 10.0. The summed E-state index contributed by atoms with van der Waals surface area (Å²) < 4.78 is 14.3. The van der Waals surface area contributed by atoms with Gasteiger partial charge < -0.3 is 29.2 Å². The molecule has 2 aromatic heterocycles. The number of carbonyl (C=O) groups is 5. The van der Waals surface area contributed by atoms with Gasteiger partial charge in [0.15, 0.2) is 0 Å². The number of amides is 4. The zero-order valence-corrected chi connectivity index (χ0v) is 47.0. The van der Waals surface area contributed by atoms with Gasteiger partial charge in [-0.1, -0.05) is 46.4 Å². The molecule has 4 aliphatic heterocycles. The van der Waals surface area contributed by atoms with E-state index in [9.17, 15) is 24.0 Å². The highest BCUT2D eigenvalue weighted by Crippen LogP contribution is 2.42. The molecule has 4 amide bonds. The molecule has 0 radical (unpaired) electrons. The Morgan fingerprint density at radius 2 is 1.77 bits per heavy atom. The molecule has 4 aliphatic rings. The van der Waals surface area contributed by atoms with Gasteiger partial charge in [0, 0.05) is 88.0 Å². The van der Waals surface area contributed by atoms with E-state index >= 15 is 0 Å².